The van der Waals surface area contributed by atoms with Crippen molar-refractivity contribution in [3.63, 3.8) is 0 Å². The third-order valence-corrected chi connectivity index (χ3v) is 2.82. The van der Waals surface area contributed by atoms with Gasteiger partial charge in [0.05, 0.1) is 6.61 Å². The van der Waals surface area contributed by atoms with Crippen LogP contribution in [-0.2, 0) is 9.53 Å². The summed E-state index contributed by atoms with van der Waals surface area (Å²) in [6.45, 7) is 4.72. The molecule has 2 aromatic heterocycles. The van der Waals surface area contributed by atoms with Crippen molar-refractivity contribution < 1.29 is 9.53 Å². The van der Waals surface area contributed by atoms with Gasteiger partial charge in [-0.05, 0) is 25.5 Å². The average molecular weight is 277 g/mol. The summed E-state index contributed by atoms with van der Waals surface area (Å²) >= 11 is 0. The molecular formula is C13H19N5O2. The monoisotopic (exact) mass is 277 g/mol. The Morgan fingerprint density at radius 3 is 3.05 bits per heavy atom. The van der Waals surface area contributed by atoms with E-state index in [0.29, 0.717) is 19.1 Å². The number of rotatable bonds is 6. The van der Waals surface area contributed by atoms with E-state index < -0.39 is 6.04 Å². The largest absolute Gasteiger partial charge is 0.383 e. The lowest BCUT2D eigenvalue weighted by molar-refractivity contribution is -0.121. The van der Waals surface area contributed by atoms with E-state index >= 15 is 0 Å². The van der Waals surface area contributed by atoms with E-state index in [0.717, 1.165) is 11.2 Å². The minimum atomic E-state index is -0.412. The van der Waals surface area contributed by atoms with E-state index in [1.165, 1.54) is 0 Å². The number of aryl methyl sites for hydroxylation is 1. The molecule has 0 aliphatic rings. The molecule has 0 saturated heterocycles. The zero-order valence-electron chi connectivity index (χ0n) is 11.9. The molecule has 1 atom stereocenters. The molecule has 0 aliphatic heterocycles. The second-order valence-corrected chi connectivity index (χ2v) is 4.59. The number of ether oxygens (including phenoxy) is 1. The molecule has 0 radical (unpaired) electrons. The van der Waals surface area contributed by atoms with Gasteiger partial charge in [-0.2, -0.15) is 4.98 Å². The highest BCUT2D eigenvalue weighted by atomic mass is 16.5. The van der Waals surface area contributed by atoms with Gasteiger partial charge in [-0.15, -0.1) is 5.10 Å². The van der Waals surface area contributed by atoms with Crippen LogP contribution in [0.4, 0.5) is 5.95 Å². The number of anilines is 1. The number of hydrogen-bond acceptors (Lipinski definition) is 5. The Balaban J connectivity index is 1.98. The van der Waals surface area contributed by atoms with Crippen molar-refractivity contribution in [1.82, 2.24) is 19.9 Å². The number of carbonyl (C=O) groups is 1. The van der Waals surface area contributed by atoms with Crippen LogP contribution in [-0.4, -0.2) is 46.8 Å². The number of hydrogen-bond donors (Lipinski definition) is 2. The van der Waals surface area contributed by atoms with E-state index in [1.807, 2.05) is 25.3 Å². The van der Waals surface area contributed by atoms with Crippen molar-refractivity contribution in [3.05, 3.63) is 23.9 Å². The molecule has 20 heavy (non-hydrogen) atoms. The van der Waals surface area contributed by atoms with Gasteiger partial charge in [0.15, 0.2) is 5.65 Å². The Kier molecular flexibility index (Phi) is 4.52. The Morgan fingerprint density at radius 1 is 1.50 bits per heavy atom. The third-order valence-electron chi connectivity index (χ3n) is 2.82. The molecule has 2 aromatic rings. The summed E-state index contributed by atoms with van der Waals surface area (Å²) in [6, 6.07) is 3.44. The van der Waals surface area contributed by atoms with Crippen LogP contribution in [0.5, 0.6) is 0 Å². The van der Waals surface area contributed by atoms with Gasteiger partial charge in [0.25, 0.3) is 0 Å². The summed E-state index contributed by atoms with van der Waals surface area (Å²) in [7, 11) is 1.59. The molecule has 0 spiro atoms. The first-order valence-electron chi connectivity index (χ1n) is 6.46. The van der Waals surface area contributed by atoms with Crippen LogP contribution in [0.15, 0.2) is 18.3 Å². The van der Waals surface area contributed by atoms with Crippen LogP contribution >= 0.6 is 0 Å². The SMILES string of the molecule is COCCNC(=O)C(C)Nc1nc2ccc(C)cn2n1. The number of aromatic nitrogens is 3. The van der Waals surface area contributed by atoms with E-state index in [9.17, 15) is 4.79 Å². The highest BCUT2D eigenvalue weighted by Gasteiger charge is 2.14. The molecule has 0 saturated carbocycles. The van der Waals surface area contributed by atoms with Gasteiger partial charge in [0.1, 0.15) is 6.04 Å². The van der Waals surface area contributed by atoms with Crippen molar-refractivity contribution >= 4 is 17.5 Å². The molecule has 2 heterocycles. The molecule has 7 nitrogen and oxygen atoms in total. The fourth-order valence-electron chi connectivity index (χ4n) is 1.74. The Bertz CT molecular complexity index is 595. The first-order chi connectivity index (χ1) is 9.60. The van der Waals surface area contributed by atoms with Gasteiger partial charge in [-0.3, -0.25) is 4.79 Å². The van der Waals surface area contributed by atoms with Crippen molar-refractivity contribution in [1.29, 1.82) is 0 Å². The molecule has 2 rings (SSSR count). The summed E-state index contributed by atoms with van der Waals surface area (Å²) in [6.07, 6.45) is 1.89. The number of methoxy groups -OCH3 is 1. The van der Waals surface area contributed by atoms with Crippen molar-refractivity contribution in [3.8, 4) is 0 Å². The number of fused-ring (bicyclic) bond motifs is 1. The lowest BCUT2D eigenvalue weighted by atomic mass is 10.3. The first kappa shape index (κ1) is 14.3. The van der Waals surface area contributed by atoms with Gasteiger partial charge in [0.2, 0.25) is 11.9 Å². The minimum absolute atomic E-state index is 0.114. The molecule has 1 unspecified atom stereocenters. The van der Waals surface area contributed by atoms with Crippen LogP contribution in [0, 0.1) is 6.92 Å². The molecule has 2 N–H and O–H groups in total. The van der Waals surface area contributed by atoms with Crippen LogP contribution in [0.2, 0.25) is 0 Å². The molecule has 7 heteroatoms. The van der Waals surface area contributed by atoms with Crippen LogP contribution < -0.4 is 10.6 Å². The zero-order chi connectivity index (χ0) is 14.5. The summed E-state index contributed by atoms with van der Waals surface area (Å²) in [5.74, 6) is 0.321. The van der Waals surface area contributed by atoms with E-state index in [-0.39, 0.29) is 5.91 Å². The summed E-state index contributed by atoms with van der Waals surface area (Å²) in [4.78, 5) is 16.1. The lowest BCUT2D eigenvalue weighted by Crippen LogP contribution is -2.39. The second kappa shape index (κ2) is 6.33. The van der Waals surface area contributed by atoms with E-state index in [4.69, 9.17) is 4.74 Å². The van der Waals surface area contributed by atoms with Crippen molar-refractivity contribution in [2.45, 2.75) is 19.9 Å². The quantitative estimate of drug-likeness (QED) is 0.756. The van der Waals surface area contributed by atoms with E-state index in [2.05, 4.69) is 20.7 Å². The van der Waals surface area contributed by atoms with Gasteiger partial charge >= 0.3 is 0 Å². The number of carbonyl (C=O) groups excluding carboxylic acids is 1. The highest BCUT2D eigenvalue weighted by Crippen LogP contribution is 2.08. The fraction of sp³-hybridized carbons (Fsp3) is 0.462. The van der Waals surface area contributed by atoms with Crippen LogP contribution in [0.25, 0.3) is 5.65 Å². The maximum absolute atomic E-state index is 11.8. The van der Waals surface area contributed by atoms with Gasteiger partial charge in [-0.1, -0.05) is 6.07 Å². The minimum Gasteiger partial charge on any atom is -0.383 e. The molecule has 0 aliphatic carbocycles. The second-order valence-electron chi connectivity index (χ2n) is 4.59. The molecule has 0 fully saturated rings. The maximum Gasteiger partial charge on any atom is 0.243 e. The van der Waals surface area contributed by atoms with Crippen molar-refractivity contribution in [2.75, 3.05) is 25.6 Å². The smallest absolute Gasteiger partial charge is 0.243 e. The summed E-state index contributed by atoms with van der Waals surface area (Å²) < 4.78 is 6.57. The third kappa shape index (κ3) is 3.45. The topological polar surface area (TPSA) is 80.5 Å². The highest BCUT2D eigenvalue weighted by molar-refractivity contribution is 5.83. The fourth-order valence-corrected chi connectivity index (χ4v) is 1.74. The molecule has 1 amide bonds. The predicted molar refractivity (Wildman–Crippen MR) is 75.7 cm³/mol. The van der Waals surface area contributed by atoms with E-state index in [1.54, 1.807) is 18.5 Å². The number of amides is 1. The van der Waals surface area contributed by atoms with Crippen LogP contribution in [0.1, 0.15) is 12.5 Å². The standard InChI is InChI=1S/C13H19N5O2/c1-9-4-5-11-16-13(17-18(11)8-9)15-10(2)12(19)14-6-7-20-3/h4-5,8,10H,6-7H2,1-3H3,(H,14,19)(H,15,17). The summed E-state index contributed by atoms with van der Waals surface area (Å²) in [5.41, 5.74) is 1.84. The molecular weight excluding hydrogens is 258 g/mol. The van der Waals surface area contributed by atoms with Crippen molar-refractivity contribution in [2.24, 2.45) is 0 Å². The maximum atomic E-state index is 11.8. The Labute approximate surface area is 117 Å². The molecule has 0 bridgehead atoms. The number of nitrogens with one attached hydrogen (secondary N) is 2. The lowest BCUT2D eigenvalue weighted by Gasteiger charge is -2.12. The molecule has 0 aromatic carbocycles. The summed E-state index contributed by atoms with van der Waals surface area (Å²) in [5, 5.41) is 10.0. The Morgan fingerprint density at radius 2 is 2.30 bits per heavy atom. The predicted octanol–water partition coefficient (Wildman–Crippen LogP) is 0.601. The van der Waals surface area contributed by atoms with Gasteiger partial charge in [0, 0.05) is 19.9 Å². The zero-order valence-corrected chi connectivity index (χ0v) is 11.9. The van der Waals surface area contributed by atoms with Gasteiger partial charge < -0.3 is 15.4 Å². The van der Waals surface area contributed by atoms with Crippen LogP contribution in [0.3, 0.4) is 0 Å². The molecule has 108 valence electrons. The van der Waals surface area contributed by atoms with Gasteiger partial charge in [-0.25, -0.2) is 4.52 Å². The Hall–Kier alpha value is -2.15. The number of pyridine rings is 1. The average Bonchev–Trinajstić information content (AvgIpc) is 2.80. The normalized spacial score (nSPS) is 12.3. The number of nitrogens with zero attached hydrogens (tertiary/aromatic N) is 3. The first-order valence-corrected chi connectivity index (χ1v) is 6.46.